The summed E-state index contributed by atoms with van der Waals surface area (Å²) in [5, 5.41) is 0. The molecule has 0 radical (unpaired) electrons. The summed E-state index contributed by atoms with van der Waals surface area (Å²) >= 11 is 0. The molecular formula is C12H15F2N3O. The molecule has 4 nitrogen and oxygen atoms in total. The monoisotopic (exact) mass is 255 g/mol. The van der Waals surface area contributed by atoms with Crippen molar-refractivity contribution in [2.24, 2.45) is 17.4 Å². The molecule has 0 aliphatic carbocycles. The van der Waals surface area contributed by atoms with Crippen molar-refractivity contribution < 1.29 is 13.6 Å². The van der Waals surface area contributed by atoms with Crippen LogP contribution in [0.3, 0.4) is 0 Å². The van der Waals surface area contributed by atoms with Crippen molar-refractivity contribution in [3.05, 3.63) is 29.3 Å². The first kappa shape index (κ1) is 12.8. The van der Waals surface area contributed by atoms with Crippen molar-refractivity contribution in [3.63, 3.8) is 0 Å². The molecule has 18 heavy (non-hydrogen) atoms. The largest absolute Gasteiger partial charge is 0.369 e. The van der Waals surface area contributed by atoms with Gasteiger partial charge in [0, 0.05) is 19.6 Å². The molecule has 1 fully saturated rings. The number of benzene rings is 1. The smallest absolute Gasteiger partial charge is 0.222 e. The summed E-state index contributed by atoms with van der Waals surface area (Å²) in [5.41, 5.74) is 10.8. The molecule has 1 amide bonds. The first-order chi connectivity index (χ1) is 8.52. The van der Waals surface area contributed by atoms with Gasteiger partial charge in [-0.25, -0.2) is 8.78 Å². The molecule has 1 saturated heterocycles. The fourth-order valence-corrected chi connectivity index (χ4v) is 2.23. The van der Waals surface area contributed by atoms with Crippen molar-refractivity contribution in [1.29, 1.82) is 0 Å². The molecule has 98 valence electrons. The first-order valence-corrected chi connectivity index (χ1v) is 5.75. The van der Waals surface area contributed by atoms with Crippen LogP contribution < -0.4 is 16.4 Å². The van der Waals surface area contributed by atoms with Crippen LogP contribution in [0.2, 0.25) is 0 Å². The molecule has 1 unspecified atom stereocenters. The molecule has 0 saturated carbocycles. The Bertz CT molecular complexity index is 455. The summed E-state index contributed by atoms with van der Waals surface area (Å²) < 4.78 is 27.6. The van der Waals surface area contributed by atoms with Crippen molar-refractivity contribution in [2.45, 2.75) is 13.0 Å². The molecule has 0 bridgehead atoms. The number of carbonyl (C=O) groups is 1. The third-order valence-corrected chi connectivity index (χ3v) is 3.22. The fraction of sp³-hybridized carbons (Fsp3) is 0.417. The summed E-state index contributed by atoms with van der Waals surface area (Å²) in [6.07, 6.45) is 0.521. The number of halogens is 2. The number of amides is 1. The summed E-state index contributed by atoms with van der Waals surface area (Å²) in [6.45, 7) is 0.757. The molecular weight excluding hydrogens is 240 g/mol. The number of carbonyl (C=O) groups excluding carboxylic acids is 1. The highest BCUT2D eigenvalue weighted by Gasteiger charge is 2.29. The maximum atomic E-state index is 13.8. The topological polar surface area (TPSA) is 72.3 Å². The Kier molecular flexibility index (Phi) is 3.47. The van der Waals surface area contributed by atoms with Crippen LogP contribution in [-0.4, -0.2) is 19.0 Å². The average Bonchev–Trinajstić information content (AvgIpc) is 2.77. The number of hydrogen-bond donors (Lipinski definition) is 2. The minimum absolute atomic E-state index is 0.0814. The average molecular weight is 255 g/mol. The van der Waals surface area contributed by atoms with Crippen LogP contribution in [0.25, 0.3) is 0 Å². The second-order valence-electron chi connectivity index (χ2n) is 4.45. The van der Waals surface area contributed by atoms with Crippen LogP contribution >= 0.6 is 0 Å². The van der Waals surface area contributed by atoms with E-state index >= 15 is 0 Å². The zero-order chi connectivity index (χ0) is 13.3. The lowest BCUT2D eigenvalue weighted by molar-refractivity contribution is -0.121. The van der Waals surface area contributed by atoms with Crippen molar-refractivity contribution >= 4 is 11.6 Å². The number of nitrogens with zero attached hydrogens (tertiary/aromatic N) is 1. The van der Waals surface area contributed by atoms with E-state index in [-0.39, 0.29) is 24.7 Å². The molecule has 2 rings (SSSR count). The second-order valence-corrected chi connectivity index (χ2v) is 4.45. The molecule has 1 aromatic carbocycles. The maximum Gasteiger partial charge on any atom is 0.222 e. The molecule has 1 aliphatic heterocycles. The van der Waals surface area contributed by atoms with Crippen LogP contribution in [-0.2, 0) is 11.3 Å². The minimum Gasteiger partial charge on any atom is -0.369 e. The molecule has 0 aromatic heterocycles. The van der Waals surface area contributed by atoms with Crippen LogP contribution in [0.15, 0.2) is 12.1 Å². The maximum absolute atomic E-state index is 13.8. The van der Waals surface area contributed by atoms with Gasteiger partial charge in [-0.05, 0) is 24.1 Å². The lowest BCUT2D eigenvalue weighted by Gasteiger charge is -2.20. The third kappa shape index (κ3) is 2.28. The number of nitrogens with two attached hydrogens (primary N) is 2. The van der Waals surface area contributed by atoms with Gasteiger partial charge in [0.15, 0.2) is 0 Å². The number of rotatable bonds is 3. The van der Waals surface area contributed by atoms with E-state index < -0.39 is 17.5 Å². The van der Waals surface area contributed by atoms with Crippen LogP contribution in [0.1, 0.15) is 12.0 Å². The van der Waals surface area contributed by atoms with Gasteiger partial charge in [-0.3, -0.25) is 4.79 Å². The minimum atomic E-state index is -0.652. The van der Waals surface area contributed by atoms with Gasteiger partial charge in [-0.2, -0.15) is 0 Å². The summed E-state index contributed by atoms with van der Waals surface area (Å²) in [7, 11) is 0. The van der Waals surface area contributed by atoms with E-state index in [2.05, 4.69) is 0 Å². The van der Waals surface area contributed by atoms with E-state index in [1.54, 1.807) is 0 Å². The van der Waals surface area contributed by atoms with Gasteiger partial charge in [-0.15, -0.1) is 0 Å². The van der Waals surface area contributed by atoms with E-state index in [4.69, 9.17) is 11.5 Å². The Morgan fingerprint density at radius 3 is 2.44 bits per heavy atom. The zero-order valence-corrected chi connectivity index (χ0v) is 9.83. The van der Waals surface area contributed by atoms with E-state index in [1.807, 2.05) is 0 Å². The molecule has 0 spiro atoms. The second kappa shape index (κ2) is 4.89. The molecule has 1 aliphatic rings. The van der Waals surface area contributed by atoms with E-state index in [0.717, 1.165) is 0 Å². The highest BCUT2D eigenvalue weighted by Crippen LogP contribution is 2.29. The lowest BCUT2D eigenvalue weighted by atomic mass is 10.1. The zero-order valence-electron chi connectivity index (χ0n) is 9.83. The fourth-order valence-electron chi connectivity index (χ4n) is 2.23. The number of primary amides is 1. The van der Waals surface area contributed by atoms with Gasteiger partial charge >= 0.3 is 0 Å². The van der Waals surface area contributed by atoms with Gasteiger partial charge in [0.05, 0.1) is 5.92 Å². The number of anilines is 1. The number of hydrogen-bond acceptors (Lipinski definition) is 3. The molecule has 1 heterocycles. The Labute approximate surface area is 104 Å². The van der Waals surface area contributed by atoms with Gasteiger partial charge in [0.1, 0.15) is 17.3 Å². The summed E-state index contributed by atoms with van der Waals surface area (Å²) in [4.78, 5) is 12.6. The SMILES string of the molecule is NCc1cc(F)c(N2CCC(C(N)=O)C2)c(F)c1. The Hall–Kier alpha value is -1.69. The molecule has 1 atom stereocenters. The Balaban J connectivity index is 2.27. The first-order valence-electron chi connectivity index (χ1n) is 5.75. The summed E-state index contributed by atoms with van der Waals surface area (Å²) in [6, 6.07) is 2.44. The molecule has 1 aromatic rings. The Morgan fingerprint density at radius 2 is 2.00 bits per heavy atom. The standard InChI is InChI=1S/C12H15F2N3O/c13-9-3-7(5-15)4-10(14)11(9)17-2-1-8(6-17)12(16)18/h3-4,8H,1-2,5-6,15H2,(H2,16,18). The van der Waals surface area contributed by atoms with Crippen molar-refractivity contribution in [1.82, 2.24) is 0 Å². The summed E-state index contributed by atoms with van der Waals surface area (Å²) in [5.74, 6) is -2.09. The van der Waals surface area contributed by atoms with Crippen molar-refractivity contribution in [3.8, 4) is 0 Å². The predicted octanol–water partition coefficient (Wildman–Crippen LogP) is 0.735. The van der Waals surface area contributed by atoms with Crippen LogP contribution in [0.5, 0.6) is 0 Å². The van der Waals surface area contributed by atoms with Crippen LogP contribution in [0, 0.1) is 17.6 Å². The van der Waals surface area contributed by atoms with E-state index in [1.165, 1.54) is 17.0 Å². The highest BCUT2D eigenvalue weighted by atomic mass is 19.1. The highest BCUT2D eigenvalue weighted by molar-refractivity contribution is 5.78. The lowest BCUT2D eigenvalue weighted by Crippen LogP contribution is -2.28. The molecule has 4 N–H and O–H groups in total. The molecule has 6 heteroatoms. The van der Waals surface area contributed by atoms with Gasteiger partial charge < -0.3 is 16.4 Å². The predicted molar refractivity (Wildman–Crippen MR) is 63.8 cm³/mol. The van der Waals surface area contributed by atoms with Gasteiger partial charge in [0.2, 0.25) is 5.91 Å². The van der Waals surface area contributed by atoms with Gasteiger partial charge in [-0.1, -0.05) is 0 Å². The van der Waals surface area contributed by atoms with Crippen molar-refractivity contribution in [2.75, 3.05) is 18.0 Å². The van der Waals surface area contributed by atoms with E-state index in [9.17, 15) is 13.6 Å². The van der Waals surface area contributed by atoms with Gasteiger partial charge in [0.25, 0.3) is 0 Å². The third-order valence-electron chi connectivity index (χ3n) is 3.22. The quantitative estimate of drug-likeness (QED) is 0.836. The van der Waals surface area contributed by atoms with Crippen LogP contribution in [0.4, 0.5) is 14.5 Å². The normalized spacial score (nSPS) is 19.3. The Morgan fingerprint density at radius 1 is 1.39 bits per heavy atom. The van der Waals surface area contributed by atoms with E-state index in [0.29, 0.717) is 18.5 Å².